The van der Waals surface area contributed by atoms with Crippen LogP contribution in [0.15, 0.2) is 18.2 Å². The van der Waals surface area contributed by atoms with Crippen LogP contribution in [0.4, 0.5) is 0 Å². The van der Waals surface area contributed by atoms with Gasteiger partial charge in [-0.05, 0) is 30.5 Å². The summed E-state index contributed by atoms with van der Waals surface area (Å²) < 4.78 is 4.63. The zero-order valence-corrected chi connectivity index (χ0v) is 9.94. The van der Waals surface area contributed by atoms with Gasteiger partial charge in [0.1, 0.15) is 0 Å². The van der Waals surface area contributed by atoms with E-state index >= 15 is 0 Å². The number of hydrogen-bond acceptors (Lipinski definition) is 2. The number of ether oxygens (including phenoxy) is 1. The third kappa shape index (κ3) is 3.40. The van der Waals surface area contributed by atoms with Crippen LogP contribution >= 0.6 is 23.2 Å². The van der Waals surface area contributed by atoms with Gasteiger partial charge in [0, 0.05) is 5.88 Å². The molecule has 4 heteroatoms. The van der Waals surface area contributed by atoms with E-state index in [9.17, 15) is 4.79 Å². The van der Waals surface area contributed by atoms with Crippen molar-refractivity contribution >= 4 is 29.2 Å². The molecule has 0 aliphatic heterocycles. The first-order valence-corrected chi connectivity index (χ1v) is 5.53. The largest absolute Gasteiger partial charge is 0.465 e. The fourth-order valence-corrected chi connectivity index (χ4v) is 1.59. The predicted molar refractivity (Wildman–Crippen MR) is 61.8 cm³/mol. The number of rotatable bonds is 4. The zero-order valence-electron chi connectivity index (χ0n) is 8.43. The minimum absolute atomic E-state index is 0.409. The first kappa shape index (κ1) is 12.3. The summed E-state index contributed by atoms with van der Waals surface area (Å²) in [5.41, 5.74) is 1.45. The summed E-state index contributed by atoms with van der Waals surface area (Å²) in [5.74, 6) is 0.198. The Morgan fingerprint density at radius 3 is 2.80 bits per heavy atom. The average Bonchev–Trinajstić information content (AvgIpc) is 2.27. The van der Waals surface area contributed by atoms with Crippen LogP contribution in [0.2, 0.25) is 5.02 Å². The van der Waals surface area contributed by atoms with E-state index < -0.39 is 5.97 Å². The average molecular weight is 247 g/mol. The first-order chi connectivity index (χ1) is 7.19. The summed E-state index contributed by atoms with van der Waals surface area (Å²) in [5, 5.41) is 0.413. The normalized spacial score (nSPS) is 10.1. The maximum atomic E-state index is 11.3. The second-order valence-electron chi connectivity index (χ2n) is 3.10. The Labute approximate surface area is 99.1 Å². The monoisotopic (exact) mass is 246 g/mol. The van der Waals surface area contributed by atoms with Gasteiger partial charge in [-0.25, -0.2) is 4.79 Å². The number of alkyl halides is 1. The third-order valence-electron chi connectivity index (χ3n) is 2.04. The van der Waals surface area contributed by atoms with Crippen LogP contribution in [-0.4, -0.2) is 19.0 Å². The number of aryl methyl sites for hydroxylation is 1. The lowest BCUT2D eigenvalue weighted by molar-refractivity contribution is 0.0601. The molecule has 0 fully saturated rings. The molecule has 0 radical (unpaired) electrons. The van der Waals surface area contributed by atoms with Crippen LogP contribution in [0.1, 0.15) is 22.3 Å². The standard InChI is InChI=1S/C11H12Cl2O2/c1-15-11(14)9-7-8(3-2-6-12)4-5-10(9)13/h4-5,7H,2-3,6H2,1H3. The summed E-state index contributed by atoms with van der Waals surface area (Å²) in [6.07, 6.45) is 1.72. The van der Waals surface area contributed by atoms with Gasteiger partial charge in [0.05, 0.1) is 17.7 Å². The van der Waals surface area contributed by atoms with Crippen LogP contribution in [-0.2, 0) is 11.2 Å². The van der Waals surface area contributed by atoms with Crippen molar-refractivity contribution in [2.24, 2.45) is 0 Å². The SMILES string of the molecule is COC(=O)c1cc(CCCCl)ccc1Cl. The van der Waals surface area contributed by atoms with Crippen LogP contribution < -0.4 is 0 Å². The molecule has 0 spiro atoms. The molecule has 0 bridgehead atoms. The van der Waals surface area contributed by atoms with Crippen LogP contribution in [0, 0.1) is 0 Å². The van der Waals surface area contributed by atoms with Crippen LogP contribution in [0.5, 0.6) is 0 Å². The highest BCUT2D eigenvalue weighted by Crippen LogP contribution is 2.19. The molecule has 0 aromatic heterocycles. The van der Waals surface area contributed by atoms with E-state index in [0.717, 1.165) is 18.4 Å². The van der Waals surface area contributed by atoms with Crippen molar-refractivity contribution < 1.29 is 9.53 Å². The summed E-state index contributed by atoms with van der Waals surface area (Å²) in [6, 6.07) is 5.35. The second-order valence-corrected chi connectivity index (χ2v) is 3.88. The highest BCUT2D eigenvalue weighted by molar-refractivity contribution is 6.33. The smallest absolute Gasteiger partial charge is 0.339 e. The van der Waals surface area contributed by atoms with Gasteiger partial charge in [-0.3, -0.25) is 0 Å². The summed E-state index contributed by atoms with van der Waals surface area (Å²) >= 11 is 11.5. The fraction of sp³-hybridized carbons (Fsp3) is 0.364. The molecule has 2 nitrogen and oxygen atoms in total. The van der Waals surface area contributed by atoms with Crippen LogP contribution in [0.3, 0.4) is 0 Å². The molecule has 0 atom stereocenters. The maximum Gasteiger partial charge on any atom is 0.339 e. The number of carbonyl (C=O) groups is 1. The zero-order chi connectivity index (χ0) is 11.3. The minimum Gasteiger partial charge on any atom is -0.465 e. The van der Waals surface area contributed by atoms with Gasteiger partial charge in [0.15, 0.2) is 0 Å². The van der Waals surface area contributed by atoms with Crippen molar-refractivity contribution in [2.75, 3.05) is 13.0 Å². The molecule has 0 saturated carbocycles. The van der Waals surface area contributed by atoms with Gasteiger partial charge in [0.25, 0.3) is 0 Å². The molecule has 0 unspecified atom stereocenters. The molecule has 82 valence electrons. The van der Waals surface area contributed by atoms with Crippen molar-refractivity contribution in [3.63, 3.8) is 0 Å². The molecule has 0 N–H and O–H groups in total. The highest BCUT2D eigenvalue weighted by atomic mass is 35.5. The van der Waals surface area contributed by atoms with E-state index in [1.54, 1.807) is 12.1 Å². The number of benzene rings is 1. The minimum atomic E-state index is -0.410. The Morgan fingerprint density at radius 2 is 2.20 bits per heavy atom. The van der Waals surface area contributed by atoms with Crippen molar-refractivity contribution in [1.29, 1.82) is 0 Å². The van der Waals surface area contributed by atoms with E-state index in [-0.39, 0.29) is 0 Å². The lowest BCUT2D eigenvalue weighted by atomic mass is 10.1. The molecule has 0 amide bonds. The van der Waals surface area contributed by atoms with Crippen molar-refractivity contribution in [1.82, 2.24) is 0 Å². The quantitative estimate of drug-likeness (QED) is 0.602. The lowest BCUT2D eigenvalue weighted by Crippen LogP contribution is -2.03. The first-order valence-electron chi connectivity index (χ1n) is 4.61. The number of hydrogen-bond donors (Lipinski definition) is 0. The Hall–Kier alpha value is -0.730. The van der Waals surface area contributed by atoms with Crippen molar-refractivity contribution in [3.8, 4) is 0 Å². The molecule has 0 aliphatic rings. The topological polar surface area (TPSA) is 26.3 Å². The Bertz CT molecular complexity index is 350. The van der Waals surface area contributed by atoms with Crippen molar-refractivity contribution in [3.05, 3.63) is 34.3 Å². The van der Waals surface area contributed by atoms with Gasteiger partial charge >= 0.3 is 5.97 Å². The summed E-state index contributed by atoms with van der Waals surface area (Å²) in [6.45, 7) is 0. The molecule has 0 saturated heterocycles. The number of carbonyl (C=O) groups excluding carboxylic acids is 1. The van der Waals surface area contributed by atoms with Gasteiger partial charge < -0.3 is 4.74 Å². The van der Waals surface area contributed by atoms with Gasteiger partial charge in [-0.1, -0.05) is 17.7 Å². The summed E-state index contributed by atoms with van der Waals surface area (Å²) in [7, 11) is 1.34. The fourth-order valence-electron chi connectivity index (χ4n) is 1.27. The Balaban J connectivity index is 2.89. The molecular formula is C11H12Cl2O2. The molecule has 1 aromatic rings. The second kappa shape index (κ2) is 5.99. The molecular weight excluding hydrogens is 235 g/mol. The molecule has 1 aromatic carbocycles. The number of methoxy groups -OCH3 is 1. The van der Waals surface area contributed by atoms with Crippen LogP contribution in [0.25, 0.3) is 0 Å². The van der Waals surface area contributed by atoms with E-state index in [4.69, 9.17) is 23.2 Å². The lowest BCUT2D eigenvalue weighted by Gasteiger charge is -2.05. The summed E-state index contributed by atoms with van der Waals surface area (Å²) in [4.78, 5) is 11.3. The molecule has 1 rings (SSSR count). The van der Waals surface area contributed by atoms with E-state index in [2.05, 4.69) is 4.74 Å². The highest BCUT2D eigenvalue weighted by Gasteiger charge is 2.10. The molecule has 0 aliphatic carbocycles. The Morgan fingerprint density at radius 1 is 1.47 bits per heavy atom. The number of esters is 1. The number of halogens is 2. The van der Waals surface area contributed by atoms with Crippen molar-refractivity contribution in [2.45, 2.75) is 12.8 Å². The van der Waals surface area contributed by atoms with E-state index in [0.29, 0.717) is 16.5 Å². The van der Waals surface area contributed by atoms with Gasteiger partial charge in [-0.15, -0.1) is 11.6 Å². The predicted octanol–water partition coefficient (Wildman–Crippen LogP) is 3.30. The van der Waals surface area contributed by atoms with E-state index in [1.807, 2.05) is 6.07 Å². The van der Waals surface area contributed by atoms with E-state index in [1.165, 1.54) is 7.11 Å². The van der Waals surface area contributed by atoms with Gasteiger partial charge in [0.2, 0.25) is 0 Å². The molecule has 0 heterocycles. The van der Waals surface area contributed by atoms with Gasteiger partial charge in [-0.2, -0.15) is 0 Å². The maximum absolute atomic E-state index is 11.3. The Kier molecular flexibility index (Phi) is 4.92. The third-order valence-corrected chi connectivity index (χ3v) is 2.63. The molecule has 15 heavy (non-hydrogen) atoms.